The smallest absolute Gasteiger partial charge is 0.260 e. The number of carbonyl (C=O) groups is 1. The molecular formula is C27H39N7O. The first kappa shape index (κ1) is 26.3. The molecule has 35 heavy (non-hydrogen) atoms. The highest BCUT2D eigenvalue weighted by Crippen LogP contribution is 2.35. The second-order valence-electron chi connectivity index (χ2n) is 9.99. The van der Waals surface area contributed by atoms with Crippen molar-refractivity contribution in [2.75, 3.05) is 30.4 Å². The van der Waals surface area contributed by atoms with Gasteiger partial charge >= 0.3 is 0 Å². The average Bonchev–Trinajstić information content (AvgIpc) is 3.13. The van der Waals surface area contributed by atoms with E-state index in [0.717, 1.165) is 41.6 Å². The van der Waals surface area contributed by atoms with E-state index in [-0.39, 0.29) is 11.9 Å². The molecule has 0 aromatic carbocycles. The van der Waals surface area contributed by atoms with E-state index in [1.165, 1.54) is 0 Å². The minimum absolute atomic E-state index is 0.101. The summed E-state index contributed by atoms with van der Waals surface area (Å²) in [5, 5.41) is 0. The van der Waals surface area contributed by atoms with Crippen molar-refractivity contribution in [3.05, 3.63) is 59.1 Å². The monoisotopic (exact) mass is 477 g/mol. The number of aromatic nitrogens is 2. The van der Waals surface area contributed by atoms with Gasteiger partial charge in [-0.15, -0.1) is 0 Å². The maximum absolute atomic E-state index is 13.7. The summed E-state index contributed by atoms with van der Waals surface area (Å²) in [5.41, 5.74) is 9.63. The Hall–Kier alpha value is -3.26. The van der Waals surface area contributed by atoms with E-state index in [1.54, 1.807) is 11.9 Å². The summed E-state index contributed by atoms with van der Waals surface area (Å²) < 4.78 is 0. The Bertz CT molecular complexity index is 1150. The summed E-state index contributed by atoms with van der Waals surface area (Å²) >= 11 is 0. The van der Waals surface area contributed by atoms with E-state index >= 15 is 0 Å². The lowest BCUT2D eigenvalue weighted by molar-refractivity contribution is 0.0996. The normalized spacial score (nSPS) is 13.9. The second-order valence-corrected chi connectivity index (χ2v) is 9.99. The van der Waals surface area contributed by atoms with Crippen LogP contribution < -0.4 is 15.5 Å². The van der Waals surface area contributed by atoms with Gasteiger partial charge in [0, 0.05) is 37.9 Å². The molecule has 1 aliphatic heterocycles. The fourth-order valence-corrected chi connectivity index (χ4v) is 4.22. The molecule has 0 bridgehead atoms. The molecule has 8 nitrogen and oxygen atoms in total. The Balaban J connectivity index is 2.06. The van der Waals surface area contributed by atoms with Crippen LogP contribution in [0.1, 0.15) is 75.3 Å². The molecule has 0 radical (unpaired) electrons. The predicted molar refractivity (Wildman–Crippen MR) is 144 cm³/mol. The van der Waals surface area contributed by atoms with Crippen LogP contribution in [0.4, 0.5) is 11.6 Å². The standard InChI is InChI=1S/C27H39N7O/c1-10-14-33(18(4)5)25(29-8)21-12-11-13-22(30-21)34-16-20-19(26(34)35)15-23(32(9)17(2)3)31-24(20)27(6,7)28/h11-13,15,17H,4,10,14,16,28H2,1-3,5-9H3. The molecule has 0 aliphatic carbocycles. The molecule has 8 heteroatoms. The molecule has 2 aromatic rings. The lowest BCUT2D eigenvalue weighted by Crippen LogP contribution is -2.34. The van der Waals surface area contributed by atoms with Gasteiger partial charge in [-0.2, -0.15) is 0 Å². The molecule has 0 spiro atoms. The van der Waals surface area contributed by atoms with Crippen LogP contribution in [0.15, 0.2) is 41.5 Å². The molecule has 3 heterocycles. The van der Waals surface area contributed by atoms with Crippen molar-refractivity contribution in [1.29, 1.82) is 0 Å². The van der Waals surface area contributed by atoms with Crippen molar-refractivity contribution in [1.82, 2.24) is 14.9 Å². The van der Waals surface area contributed by atoms with Gasteiger partial charge in [-0.1, -0.05) is 19.6 Å². The topological polar surface area (TPSA) is 91.0 Å². The van der Waals surface area contributed by atoms with Crippen LogP contribution in [-0.2, 0) is 12.1 Å². The highest BCUT2D eigenvalue weighted by atomic mass is 16.2. The van der Waals surface area contributed by atoms with Gasteiger partial charge in [-0.3, -0.25) is 14.7 Å². The predicted octanol–water partition coefficient (Wildman–Crippen LogP) is 4.30. The minimum atomic E-state index is -0.701. The molecule has 188 valence electrons. The van der Waals surface area contributed by atoms with Crippen molar-refractivity contribution in [2.24, 2.45) is 10.7 Å². The van der Waals surface area contributed by atoms with Crippen LogP contribution in [0.3, 0.4) is 0 Å². The summed E-state index contributed by atoms with van der Waals surface area (Å²) in [6.07, 6.45) is 0.948. The fourth-order valence-electron chi connectivity index (χ4n) is 4.22. The molecule has 1 amide bonds. The van der Waals surface area contributed by atoms with Crippen LogP contribution in [-0.4, -0.2) is 53.3 Å². The van der Waals surface area contributed by atoms with Gasteiger partial charge in [0.25, 0.3) is 5.91 Å². The van der Waals surface area contributed by atoms with E-state index < -0.39 is 5.54 Å². The van der Waals surface area contributed by atoms with Crippen molar-refractivity contribution in [3.8, 4) is 0 Å². The van der Waals surface area contributed by atoms with E-state index in [2.05, 4.69) is 37.2 Å². The van der Waals surface area contributed by atoms with Crippen molar-refractivity contribution in [2.45, 2.75) is 66.1 Å². The van der Waals surface area contributed by atoms with Gasteiger partial charge in [0.2, 0.25) is 0 Å². The summed E-state index contributed by atoms with van der Waals surface area (Å²) in [5.74, 6) is 1.94. The Kier molecular flexibility index (Phi) is 7.65. The Morgan fingerprint density at radius 3 is 2.54 bits per heavy atom. The lowest BCUT2D eigenvalue weighted by atomic mass is 9.94. The Labute approximate surface area is 209 Å². The zero-order valence-corrected chi connectivity index (χ0v) is 22.4. The molecule has 0 atom stereocenters. The van der Waals surface area contributed by atoms with E-state index in [1.807, 2.05) is 57.0 Å². The first-order valence-electron chi connectivity index (χ1n) is 12.2. The zero-order chi connectivity index (χ0) is 26.1. The molecule has 0 unspecified atom stereocenters. The molecule has 0 saturated carbocycles. The quantitative estimate of drug-likeness (QED) is 0.450. The Morgan fingerprint density at radius 1 is 1.31 bits per heavy atom. The summed E-state index contributed by atoms with van der Waals surface area (Å²) in [6.45, 7) is 17.4. The molecule has 3 rings (SSSR count). The molecule has 0 fully saturated rings. The number of fused-ring (bicyclic) bond motifs is 1. The lowest BCUT2D eigenvalue weighted by Gasteiger charge is -2.27. The number of aliphatic imine (C=N–C) groups is 1. The van der Waals surface area contributed by atoms with E-state index in [9.17, 15) is 4.79 Å². The summed E-state index contributed by atoms with van der Waals surface area (Å²) in [7, 11) is 3.73. The van der Waals surface area contributed by atoms with Crippen LogP contribution in [0.2, 0.25) is 0 Å². The zero-order valence-electron chi connectivity index (χ0n) is 22.4. The van der Waals surface area contributed by atoms with E-state index in [0.29, 0.717) is 23.6 Å². The van der Waals surface area contributed by atoms with Gasteiger partial charge in [0.15, 0.2) is 5.84 Å². The Morgan fingerprint density at radius 2 is 2.00 bits per heavy atom. The first-order valence-corrected chi connectivity index (χ1v) is 12.2. The highest BCUT2D eigenvalue weighted by molar-refractivity contribution is 6.10. The van der Waals surface area contributed by atoms with Gasteiger partial charge in [0.1, 0.15) is 17.3 Å². The summed E-state index contributed by atoms with van der Waals surface area (Å²) in [6, 6.07) is 7.78. The number of pyridine rings is 2. The SMILES string of the molecule is C=C(C)N(CCC)C(=NC)c1cccc(N2Cc3c(cc(N(C)C(C)C)nc3C(C)(C)N)C2=O)n1. The number of amidine groups is 1. The van der Waals surface area contributed by atoms with Crippen LogP contribution in [0.25, 0.3) is 0 Å². The number of rotatable bonds is 8. The third kappa shape index (κ3) is 5.22. The third-order valence-electron chi connectivity index (χ3n) is 6.26. The van der Waals surface area contributed by atoms with Gasteiger partial charge in [0.05, 0.1) is 23.3 Å². The highest BCUT2D eigenvalue weighted by Gasteiger charge is 2.36. The maximum Gasteiger partial charge on any atom is 0.260 e. The maximum atomic E-state index is 13.7. The minimum Gasteiger partial charge on any atom is -0.357 e. The number of nitrogens with zero attached hydrogens (tertiary/aromatic N) is 6. The van der Waals surface area contributed by atoms with Gasteiger partial charge in [-0.25, -0.2) is 9.97 Å². The van der Waals surface area contributed by atoms with Crippen LogP contribution in [0, 0.1) is 0 Å². The number of nitrogens with two attached hydrogens (primary N) is 1. The van der Waals surface area contributed by atoms with Gasteiger partial charge in [-0.05, 0) is 59.2 Å². The summed E-state index contributed by atoms with van der Waals surface area (Å²) in [4.78, 5) is 33.7. The number of anilines is 2. The van der Waals surface area contributed by atoms with Crippen molar-refractivity contribution < 1.29 is 4.79 Å². The third-order valence-corrected chi connectivity index (χ3v) is 6.26. The van der Waals surface area contributed by atoms with Crippen LogP contribution in [0.5, 0.6) is 0 Å². The van der Waals surface area contributed by atoms with E-state index in [4.69, 9.17) is 15.7 Å². The second kappa shape index (κ2) is 10.2. The van der Waals surface area contributed by atoms with Gasteiger partial charge < -0.3 is 15.5 Å². The molecule has 2 N–H and O–H groups in total. The molecule has 1 aliphatic rings. The number of carbonyl (C=O) groups excluding carboxylic acids is 1. The number of amides is 1. The molecular weight excluding hydrogens is 438 g/mol. The molecule has 0 saturated heterocycles. The van der Waals surface area contributed by atoms with Crippen molar-refractivity contribution in [3.63, 3.8) is 0 Å². The number of hydrogen-bond donors (Lipinski definition) is 1. The van der Waals surface area contributed by atoms with Crippen molar-refractivity contribution >= 4 is 23.4 Å². The number of hydrogen-bond acceptors (Lipinski definition) is 6. The average molecular weight is 478 g/mol. The molecule has 2 aromatic heterocycles. The fraction of sp³-hybridized carbons (Fsp3) is 0.481. The first-order chi connectivity index (χ1) is 16.4. The largest absolute Gasteiger partial charge is 0.357 e. The van der Waals surface area contributed by atoms with Crippen LogP contribution >= 0.6 is 0 Å². The number of allylic oxidation sites excluding steroid dienone is 1.